The Morgan fingerprint density at radius 1 is 1.24 bits per heavy atom. The van der Waals surface area contributed by atoms with Crippen molar-refractivity contribution in [1.29, 1.82) is 0 Å². The first-order valence-corrected chi connectivity index (χ1v) is 12.0. The van der Waals surface area contributed by atoms with Crippen molar-refractivity contribution in [1.82, 2.24) is 9.88 Å². The van der Waals surface area contributed by atoms with Gasteiger partial charge in [-0.2, -0.15) is 0 Å². The van der Waals surface area contributed by atoms with E-state index in [1.54, 1.807) is 47.4 Å². The molecule has 2 aromatic rings. The zero-order chi connectivity index (χ0) is 21.0. The number of amides is 1. The van der Waals surface area contributed by atoms with Crippen LogP contribution in [0.15, 0.2) is 41.8 Å². The topological polar surface area (TPSA) is 70.6 Å². The third-order valence-corrected chi connectivity index (χ3v) is 7.86. The number of hydrogen-bond acceptors (Lipinski definition) is 6. The van der Waals surface area contributed by atoms with E-state index in [0.717, 1.165) is 15.0 Å². The van der Waals surface area contributed by atoms with Crippen molar-refractivity contribution in [2.24, 2.45) is 0 Å². The molecule has 1 aliphatic rings. The van der Waals surface area contributed by atoms with E-state index in [0.29, 0.717) is 26.2 Å². The predicted molar refractivity (Wildman–Crippen MR) is 118 cm³/mol. The number of aromatic nitrogens is 1. The summed E-state index contributed by atoms with van der Waals surface area (Å²) in [5.74, 6) is -0.268. The lowest BCUT2D eigenvalue weighted by Gasteiger charge is -2.34. The van der Waals surface area contributed by atoms with Crippen molar-refractivity contribution >= 4 is 44.4 Å². The van der Waals surface area contributed by atoms with Gasteiger partial charge in [0.25, 0.3) is 5.91 Å². The largest absolute Gasteiger partial charge is 0.345 e. The minimum Gasteiger partial charge on any atom is -0.345 e. The molecule has 1 amide bonds. The fourth-order valence-electron chi connectivity index (χ4n) is 3.25. The second-order valence-electron chi connectivity index (χ2n) is 6.62. The summed E-state index contributed by atoms with van der Waals surface area (Å²) >= 11 is 1.62. The van der Waals surface area contributed by atoms with E-state index in [2.05, 4.69) is 16.5 Å². The van der Waals surface area contributed by atoms with Gasteiger partial charge in [-0.1, -0.05) is 49.1 Å². The number of nitrogens with zero attached hydrogens (tertiary/aromatic N) is 3. The zero-order valence-corrected chi connectivity index (χ0v) is 18.3. The van der Waals surface area contributed by atoms with Gasteiger partial charge in [0.2, 0.25) is 0 Å². The van der Waals surface area contributed by atoms with Crippen LogP contribution in [0, 0.1) is 0 Å². The molecule has 0 unspecified atom stereocenters. The van der Waals surface area contributed by atoms with Crippen molar-refractivity contribution in [3.8, 4) is 0 Å². The lowest BCUT2D eigenvalue weighted by atomic mass is 10.2. The highest BCUT2D eigenvalue weighted by Crippen LogP contribution is 2.21. The van der Waals surface area contributed by atoms with E-state index in [1.807, 2.05) is 19.1 Å². The highest BCUT2D eigenvalue weighted by atomic mass is 32.2. The van der Waals surface area contributed by atoms with Crippen LogP contribution in [0.5, 0.6) is 0 Å². The van der Waals surface area contributed by atoms with Crippen LogP contribution in [0.1, 0.15) is 24.2 Å². The Labute approximate surface area is 175 Å². The van der Waals surface area contributed by atoms with Crippen molar-refractivity contribution in [3.63, 3.8) is 0 Å². The molecule has 2 heterocycles. The molecule has 1 fully saturated rings. The van der Waals surface area contributed by atoms with E-state index in [4.69, 9.17) is 0 Å². The fourth-order valence-corrected chi connectivity index (χ4v) is 5.32. The number of carbonyl (C=O) groups excluding carboxylic acids is 1. The summed E-state index contributed by atoms with van der Waals surface area (Å²) in [7, 11) is -3.46. The Morgan fingerprint density at radius 3 is 2.55 bits per heavy atom. The third kappa shape index (κ3) is 4.43. The summed E-state index contributed by atoms with van der Waals surface area (Å²) in [6.45, 7) is 9.65. The molecule has 0 radical (unpaired) electrons. The molecule has 0 atom stereocenters. The Morgan fingerprint density at radius 2 is 1.93 bits per heavy atom. The smallest absolute Gasteiger partial charge is 0.255 e. The maximum absolute atomic E-state index is 13.0. The molecule has 1 saturated heterocycles. The minimum atomic E-state index is -3.46. The normalized spacial score (nSPS) is 16.3. The summed E-state index contributed by atoms with van der Waals surface area (Å²) < 4.78 is 25.8. The minimum absolute atomic E-state index is 0.0318. The summed E-state index contributed by atoms with van der Waals surface area (Å²) in [5.41, 5.74) is 0.253. The molecular weight excluding hydrogens is 406 g/mol. The van der Waals surface area contributed by atoms with Crippen LogP contribution in [-0.4, -0.2) is 56.1 Å². The fraction of sp³-hybridized carbons (Fsp3) is 0.333. The van der Waals surface area contributed by atoms with Crippen LogP contribution in [0.25, 0.3) is 12.2 Å². The number of allylic oxidation sites excluding steroid dienone is 1. The van der Waals surface area contributed by atoms with Gasteiger partial charge in [0.15, 0.2) is 15.0 Å². The van der Waals surface area contributed by atoms with Gasteiger partial charge in [-0.15, -0.1) is 0 Å². The number of piperazine rings is 1. The van der Waals surface area contributed by atoms with Gasteiger partial charge in [0.1, 0.15) is 0 Å². The summed E-state index contributed by atoms with van der Waals surface area (Å²) in [6.07, 6.45) is 5.64. The average molecular weight is 432 g/mol. The van der Waals surface area contributed by atoms with E-state index in [-0.39, 0.29) is 22.1 Å². The van der Waals surface area contributed by atoms with E-state index >= 15 is 0 Å². The SMILES string of the molecule is C=C/C=c1/nc(N2CCN(C(=O)c3ccccc3S(=O)(=O)CC)CC2)s/c1=C/C. The van der Waals surface area contributed by atoms with Gasteiger partial charge in [-0.25, -0.2) is 13.4 Å². The lowest BCUT2D eigenvalue weighted by Crippen LogP contribution is -2.49. The first-order chi connectivity index (χ1) is 13.9. The van der Waals surface area contributed by atoms with Crippen LogP contribution >= 0.6 is 11.3 Å². The molecule has 0 N–H and O–H groups in total. The number of thiazole rings is 1. The number of benzene rings is 1. The predicted octanol–water partition coefficient (Wildman–Crippen LogP) is 1.67. The highest BCUT2D eigenvalue weighted by Gasteiger charge is 2.27. The molecule has 0 bridgehead atoms. The molecule has 8 heteroatoms. The van der Waals surface area contributed by atoms with Gasteiger partial charge in [-0.3, -0.25) is 4.79 Å². The van der Waals surface area contributed by atoms with Crippen LogP contribution in [0.4, 0.5) is 5.13 Å². The number of rotatable bonds is 5. The second kappa shape index (κ2) is 8.92. The van der Waals surface area contributed by atoms with Gasteiger partial charge in [0.05, 0.1) is 26.1 Å². The number of carbonyl (C=O) groups is 1. The van der Waals surface area contributed by atoms with Crippen molar-refractivity contribution in [2.75, 3.05) is 36.8 Å². The first kappa shape index (κ1) is 21.3. The molecule has 0 spiro atoms. The Bertz CT molecular complexity index is 1130. The molecule has 1 aliphatic heterocycles. The summed E-state index contributed by atoms with van der Waals surface area (Å²) in [6, 6.07) is 6.46. The number of anilines is 1. The maximum Gasteiger partial charge on any atom is 0.255 e. The molecule has 29 heavy (non-hydrogen) atoms. The standard InChI is InChI=1S/C21H25N3O3S2/c1-4-9-17-18(5-2)28-21(22-17)24-14-12-23(13-15-24)20(25)16-10-7-8-11-19(16)29(26,27)6-3/h4-5,7-11H,1,6,12-15H2,2-3H3/b17-9+,18-5+. The number of sulfone groups is 1. The van der Waals surface area contributed by atoms with Crippen molar-refractivity contribution in [3.05, 3.63) is 52.4 Å². The van der Waals surface area contributed by atoms with E-state index < -0.39 is 9.84 Å². The van der Waals surface area contributed by atoms with Gasteiger partial charge < -0.3 is 9.80 Å². The quantitative estimate of drug-likeness (QED) is 0.720. The average Bonchev–Trinajstić information content (AvgIpc) is 3.16. The molecular formula is C21H25N3O3S2. The highest BCUT2D eigenvalue weighted by molar-refractivity contribution is 7.91. The van der Waals surface area contributed by atoms with Crippen LogP contribution in [0.2, 0.25) is 0 Å². The molecule has 0 aliphatic carbocycles. The Kier molecular flexibility index (Phi) is 6.54. The van der Waals surface area contributed by atoms with E-state index in [9.17, 15) is 13.2 Å². The zero-order valence-electron chi connectivity index (χ0n) is 16.7. The van der Waals surface area contributed by atoms with Gasteiger partial charge in [0, 0.05) is 26.2 Å². The lowest BCUT2D eigenvalue weighted by molar-refractivity contribution is 0.0743. The van der Waals surface area contributed by atoms with Gasteiger partial charge in [-0.05, 0) is 25.1 Å². The molecule has 154 valence electrons. The molecule has 0 saturated carbocycles. The summed E-state index contributed by atoms with van der Waals surface area (Å²) in [5, 5.41) is 1.83. The van der Waals surface area contributed by atoms with Crippen molar-refractivity contribution in [2.45, 2.75) is 18.7 Å². The first-order valence-electron chi connectivity index (χ1n) is 9.53. The monoisotopic (exact) mass is 431 g/mol. The maximum atomic E-state index is 13.0. The molecule has 6 nitrogen and oxygen atoms in total. The van der Waals surface area contributed by atoms with Crippen LogP contribution < -0.4 is 14.8 Å². The Hall–Kier alpha value is -2.45. The molecule has 1 aromatic heterocycles. The summed E-state index contributed by atoms with van der Waals surface area (Å²) in [4.78, 5) is 21.7. The molecule has 1 aromatic carbocycles. The molecule has 3 rings (SSSR count). The third-order valence-electron chi connectivity index (χ3n) is 4.88. The van der Waals surface area contributed by atoms with Crippen LogP contribution in [0.3, 0.4) is 0 Å². The number of hydrogen-bond donors (Lipinski definition) is 0. The van der Waals surface area contributed by atoms with Crippen LogP contribution in [-0.2, 0) is 9.84 Å². The second-order valence-corrected chi connectivity index (χ2v) is 9.87. The van der Waals surface area contributed by atoms with E-state index in [1.165, 1.54) is 6.07 Å². The van der Waals surface area contributed by atoms with Gasteiger partial charge >= 0.3 is 0 Å². The van der Waals surface area contributed by atoms with Crippen molar-refractivity contribution < 1.29 is 13.2 Å². The Balaban J connectivity index is 1.78.